The molecule has 43 heavy (non-hydrogen) atoms. The summed E-state index contributed by atoms with van der Waals surface area (Å²) in [4.78, 5) is 38.4. The zero-order chi connectivity index (χ0) is 31.6. The second-order valence-electron chi connectivity index (χ2n) is 9.20. The molecule has 1 aliphatic rings. The van der Waals surface area contributed by atoms with Crippen LogP contribution in [0.4, 0.5) is 0 Å². The van der Waals surface area contributed by atoms with Crippen molar-refractivity contribution in [2.24, 2.45) is 0 Å². The van der Waals surface area contributed by atoms with Crippen molar-refractivity contribution in [2.75, 3.05) is 13.2 Å². The molecule has 0 spiro atoms. The van der Waals surface area contributed by atoms with Gasteiger partial charge in [0.15, 0.2) is 57.8 Å². The molecule has 0 aliphatic carbocycles. The summed E-state index contributed by atoms with van der Waals surface area (Å²) >= 11 is 0. The van der Waals surface area contributed by atoms with Crippen LogP contribution in [0.15, 0.2) is 36.4 Å². The number of phenolic OH excluding ortho intramolecular Hbond substituents is 9. The third-order valence-corrected chi connectivity index (χ3v) is 6.26. The van der Waals surface area contributed by atoms with Crippen molar-refractivity contribution < 1.29 is 79.3 Å². The van der Waals surface area contributed by atoms with Crippen molar-refractivity contribution in [3.8, 4) is 51.7 Å². The first kappa shape index (κ1) is 30.2. The van der Waals surface area contributed by atoms with Gasteiger partial charge in [0.2, 0.25) is 0 Å². The van der Waals surface area contributed by atoms with Gasteiger partial charge in [0.1, 0.15) is 18.8 Å². The molecule has 1 aliphatic heterocycles. The summed E-state index contributed by atoms with van der Waals surface area (Å²) in [5.41, 5.74) is -1.21. The number of benzene rings is 3. The van der Waals surface area contributed by atoms with Gasteiger partial charge in [0.05, 0.1) is 23.3 Å². The third kappa shape index (κ3) is 6.43. The van der Waals surface area contributed by atoms with Crippen LogP contribution in [-0.4, -0.2) is 95.4 Å². The number of rotatable bonds is 7. The van der Waals surface area contributed by atoms with Crippen LogP contribution in [0.25, 0.3) is 0 Å². The second kappa shape index (κ2) is 12.0. The molecular formula is C27H24O16. The molecule has 3 aromatic rings. The summed E-state index contributed by atoms with van der Waals surface area (Å²) in [5.74, 6) is -11.1. The smallest absolute Gasteiger partial charge is 0.338 e. The number of esters is 3. The van der Waals surface area contributed by atoms with E-state index in [1.54, 1.807) is 0 Å². The highest BCUT2D eigenvalue weighted by molar-refractivity contribution is 5.92. The molecular weight excluding hydrogens is 580 g/mol. The first-order valence-corrected chi connectivity index (χ1v) is 12.2. The van der Waals surface area contributed by atoms with E-state index in [1.165, 1.54) is 0 Å². The van der Waals surface area contributed by atoms with E-state index in [9.17, 15) is 60.3 Å². The van der Waals surface area contributed by atoms with Crippen molar-refractivity contribution in [2.45, 2.75) is 24.7 Å². The maximum atomic E-state index is 13.0. The van der Waals surface area contributed by atoms with Crippen molar-refractivity contribution in [1.82, 2.24) is 0 Å². The number of hydrogen-bond acceptors (Lipinski definition) is 16. The zero-order valence-corrected chi connectivity index (χ0v) is 21.7. The topological polar surface area (TPSA) is 270 Å². The Bertz CT molecular complexity index is 1510. The van der Waals surface area contributed by atoms with Crippen LogP contribution in [-0.2, 0) is 18.9 Å². The number of phenols is 9. The average Bonchev–Trinajstić information content (AvgIpc) is 2.96. The van der Waals surface area contributed by atoms with Crippen molar-refractivity contribution in [3.05, 3.63) is 53.1 Å². The zero-order valence-electron chi connectivity index (χ0n) is 21.7. The Kier molecular flexibility index (Phi) is 8.42. The maximum absolute atomic E-state index is 13.0. The molecule has 3 atom stereocenters. The van der Waals surface area contributed by atoms with Gasteiger partial charge in [-0.25, -0.2) is 14.4 Å². The number of hydrogen-bond donors (Lipinski definition) is 9. The van der Waals surface area contributed by atoms with Gasteiger partial charge in [-0.05, 0) is 36.4 Å². The normalized spacial score (nSPS) is 18.0. The minimum atomic E-state index is -1.53. The highest BCUT2D eigenvalue weighted by Crippen LogP contribution is 2.38. The van der Waals surface area contributed by atoms with Crippen molar-refractivity contribution >= 4 is 17.9 Å². The number of carbonyl (C=O) groups is 3. The molecule has 0 amide bonds. The van der Waals surface area contributed by atoms with Gasteiger partial charge in [0.25, 0.3) is 0 Å². The summed E-state index contributed by atoms with van der Waals surface area (Å²) in [5, 5.41) is 87.0. The number of aromatic hydroxyl groups is 9. The first-order chi connectivity index (χ1) is 20.3. The maximum Gasteiger partial charge on any atom is 0.338 e. The minimum absolute atomic E-state index is 0.0873. The SMILES string of the molecule is O=C(OCC1OCCC(OC(=O)c2cc(O)c(O)c(O)c2)C1OC(=O)c1cc(O)c(O)c(O)c1)c1cc(O)c(O)c(O)c1. The van der Waals surface area contributed by atoms with Crippen LogP contribution in [0.2, 0.25) is 0 Å². The first-order valence-electron chi connectivity index (χ1n) is 12.2. The van der Waals surface area contributed by atoms with Crippen molar-refractivity contribution in [1.29, 1.82) is 0 Å². The van der Waals surface area contributed by atoms with Crippen LogP contribution in [0.3, 0.4) is 0 Å². The molecule has 16 nitrogen and oxygen atoms in total. The van der Waals surface area contributed by atoms with E-state index < -0.39 is 106 Å². The number of carbonyl (C=O) groups excluding carboxylic acids is 3. The Morgan fingerprint density at radius 3 is 1.40 bits per heavy atom. The fourth-order valence-electron chi connectivity index (χ4n) is 4.06. The summed E-state index contributed by atoms with van der Waals surface area (Å²) in [6.07, 6.45) is -4.25. The minimum Gasteiger partial charge on any atom is -0.504 e. The van der Waals surface area contributed by atoms with Crippen LogP contribution in [0.1, 0.15) is 37.5 Å². The lowest BCUT2D eigenvalue weighted by molar-refractivity contribution is -0.153. The van der Waals surface area contributed by atoms with Gasteiger partial charge < -0.3 is 64.9 Å². The lowest BCUT2D eigenvalue weighted by atomic mass is 10.0. The number of ether oxygens (including phenoxy) is 4. The van der Waals surface area contributed by atoms with E-state index in [1.807, 2.05) is 0 Å². The standard InChI is InChI=1S/C27H24O16/c28-13-3-10(4-14(29)21(13)34)25(37)41-9-20-24(43-27(39)12-7-17(32)23(36)18(33)8-12)19(1-2-40-20)42-26(38)11-5-15(30)22(35)16(31)6-11/h3-8,19-20,24,28-36H,1-2,9H2. The summed E-state index contributed by atoms with van der Waals surface area (Å²) in [6.45, 7) is -0.776. The lowest BCUT2D eigenvalue weighted by Crippen LogP contribution is -2.51. The largest absolute Gasteiger partial charge is 0.504 e. The molecule has 16 heteroatoms. The fraction of sp³-hybridized carbons (Fsp3) is 0.222. The van der Waals surface area contributed by atoms with Gasteiger partial charge in [-0.1, -0.05) is 0 Å². The molecule has 1 saturated heterocycles. The average molecular weight is 604 g/mol. The second-order valence-corrected chi connectivity index (χ2v) is 9.20. The Hall–Kier alpha value is -5.77. The van der Waals surface area contributed by atoms with Gasteiger partial charge in [0, 0.05) is 6.42 Å². The molecule has 0 bridgehead atoms. The molecule has 3 aromatic carbocycles. The highest BCUT2D eigenvalue weighted by atomic mass is 16.6. The highest BCUT2D eigenvalue weighted by Gasteiger charge is 2.41. The molecule has 228 valence electrons. The van der Waals surface area contributed by atoms with Gasteiger partial charge in [-0.2, -0.15) is 0 Å². The van der Waals surface area contributed by atoms with Crippen molar-refractivity contribution in [3.63, 3.8) is 0 Å². The summed E-state index contributed by atoms with van der Waals surface area (Å²) in [7, 11) is 0. The van der Waals surface area contributed by atoms with E-state index in [0.29, 0.717) is 0 Å². The van der Waals surface area contributed by atoms with Crippen LogP contribution < -0.4 is 0 Å². The van der Waals surface area contributed by atoms with E-state index >= 15 is 0 Å². The molecule has 0 aromatic heterocycles. The summed E-state index contributed by atoms with van der Waals surface area (Å²) < 4.78 is 21.6. The summed E-state index contributed by atoms with van der Waals surface area (Å²) in [6, 6.07) is 4.80. The van der Waals surface area contributed by atoms with E-state index in [2.05, 4.69) is 0 Å². The Morgan fingerprint density at radius 1 is 0.605 bits per heavy atom. The molecule has 3 unspecified atom stereocenters. The fourth-order valence-corrected chi connectivity index (χ4v) is 4.06. The van der Waals surface area contributed by atoms with E-state index in [-0.39, 0.29) is 18.6 Å². The van der Waals surface area contributed by atoms with Crippen LogP contribution in [0.5, 0.6) is 51.7 Å². The lowest BCUT2D eigenvalue weighted by Gasteiger charge is -2.36. The quantitative estimate of drug-likeness (QED) is 0.105. The third-order valence-electron chi connectivity index (χ3n) is 6.26. The van der Waals surface area contributed by atoms with E-state index in [0.717, 1.165) is 36.4 Å². The molecule has 0 radical (unpaired) electrons. The molecule has 4 rings (SSSR count). The van der Waals surface area contributed by atoms with E-state index in [4.69, 9.17) is 18.9 Å². The van der Waals surface area contributed by atoms with Gasteiger partial charge in [-0.3, -0.25) is 0 Å². The monoisotopic (exact) mass is 604 g/mol. The molecule has 1 fully saturated rings. The predicted molar refractivity (Wildman–Crippen MR) is 137 cm³/mol. The van der Waals surface area contributed by atoms with Crippen LogP contribution in [0, 0.1) is 0 Å². The molecule has 0 saturated carbocycles. The molecule has 9 N–H and O–H groups in total. The van der Waals surface area contributed by atoms with Gasteiger partial charge >= 0.3 is 17.9 Å². The Balaban J connectivity index is 1.59. The van der Waals surface area contributed by atoms with Crippen LogP contribution >= 0.6 is 0 Å². The molecule has 1 heterocycles. The Labute approximate surface area is 240 Å². The van der Waals surface area contributed by atoms with Gasteiger partial charge in [-0.15, -0.1) is 0 Å². The Morgan fingerprint density at radius 2 is 0.977 bits per heavy atom. The predicted octanol–water partition coefficient (Wildman–Crippen LogP) is 1.43.